The van der Waals surface area contributed by atoms with Gasteiger partial charge in [0.1, 0.15) is 6.54 Å². The van der Waals surface area contributed by atoms with Gasteiger partial charge in [-0.25, -0.2) is 4.98 Å². The van der Waals surface area contributed by atoms with Gasteiger partial charge in [0, 0.05) is 25.2 Å². The molecule has 31 heavy (non-hydrogen) atoms. The lowest BCUT2D eigenvalue weighted by Crippen LogP contribution is -2.40. The van der Waals surface area contributed by atoms with Crippen molar-refractivity contribution in [3.05, 3.63) is 77.8 Å². The zero-order valence-corrected chi connectivity index (χ0v) is 17.4. The molecule has 1 atom stereocenters. The zero-order chi connectivity index (χ0) is 21.8. The third kappa shape index (κ3) is 4.83. The number of carbonyl (C=O) groups excluding carboxylic acids is 2. The number of amides is 2. The molecule has 0 radical (unpaired) electrons. The molecule has 0 bridgehead atoms. The molecular formula is C24H25N3O4. The number of aryl methyl sites for hydroxylation is 1. The van der Waals surface area contributed by atoms with Crippen molar-refractivity contribution in [1.29, 1.82) is 0 Å². The lowest BCUT2D eigenvalue weighted by Gasteiger charge is -2.21. The van der Waals surface area contributed by atoms with Crippen LogP contribution in [0.25, 0.3) is 11.3 Å². The first-order chi connectivity index (χ1) is 15.0. The van der Waals surface area contributed by atoms with Gasteiger partial charge in [-0.3, -0.25) is 9.59 Å². The minimum atomic E-state index is -0.833. The highest BCUT2D eigenvalue weighted by Crippen LogP contribution is 2.25. The SMILES string of the molecule is Cc1cccc(-c2ocnc2C(=O)N2CC(=O)N(CCc3ccccc3)CC(O)C2)c1. The number of aromatic nitrogens is 1. The molecule has 3 aromatic rings. The number of hydrogen-bond donors (Lipinski definition) is 1. The van der Waals surface area contributed by atoms with E-state index in [0.717, 1.165) is 16.7 Å². The molecule has 1 N–H and O–H groups in total. The van der Waals surface area contributed by atoms with Crippen molar-refractivity contribution in [3.8, 4) is 11.3 Å². The Bertz CT molecular complexity index is 1060. The van der Waals surface area contributed by atoms with E-state index in [1.54, 1.807) is 4.90 Å². The molecule has 1 fully saturated rings. The predicted molar refractivity (Wildman–Crippen MR) is 115 cm³/mol. The molecule has 7 heteroatoms. The highest BCUT2D eigenvalue weighted by atomic mass is 16.3. The maximum absolute atomic E-state index is 13.2. The molecule has 2 amide bonds. The van der Waals surface area contributed by atoms with E-state index in [1.807, 2.05) is 61.5 Å². The number of β-amino-alcohol motifs (C(OH)–C–C–N with tert-alkyl or cyclic N) is 1. The van der Waals surface area contributed by atoms with Gasteiger partial charge in [0.05, 0.1) is 6.10 Å². The third-order valence-electron chi connectivity index (χ3n) is 5.39. The Kier molecular flexibility index (Phi) is 6.13. The highest BCUT2D eigenvalue weighted by molar-refractivity contribution is 5.99. The zero-order valence-electron chi connectivity index (χ0n) is 17.4. The average molecular weight is 419 g/mol. The molecule has 2 heterocycles. The number of oxazole rings is 1. The molecule has 1 aliphatic rings. The summed E-state index contributed by atoms with van der Waals surface area (Å²) in [5.41, 5.74) is 3.03. The Balaban J connectivity index is 1.49. The van der Waals surface area contributed by atoms with E-state index in [2.05, 4.69) is 4.98 Å². The van der Waals surface area contributed by atoms with Crippen molar-refractivity contribution >= 4 is 11.8 Å². The largest absolute Gasteiger partial charge is 0.443 e. The molecule has 0 spiro atoms. The molecule has 4 rings (SSSR count). The molecule has 0 aliphatic carbocycles. The summed E-state index contributed by atoms with van der Waals surface area (Å²) in [5.74, 6) is -0.259. The van der Waals surface area contributed by atoms with Crippen molar-refractivity contribution in [2.24, 2.45) is 0 Å². The Labute approximate surface area is 180 Å². The normalized spacial score (nSPS) is 17.0. The van der Waals surface area contributed by atoms with Crippen molar-refractivity contribution in [2.75, 3.05) is 26.2 Å². The molecule has 1 aliphatic heterocycles. The number of rotatable bonds is 5. The fourth-order valence-electron chi connectivity index (χ4n) is 3.81. The summed E-state index contributed by atoms with van der Waals surface area (Å²) in [6.45, 7) is 2.59. The van der Waals surface area contributed by atoms with Crippen LogP contribution in [0.5, 0.6) is 0 Å². The highest BCUT2D eigenvalue weighted by Gasteiger charge is 2.32. The second-order valence-electron chi connectivity index (χ2n) is 7.81. The maximum Gasteiger partial charge on any atom is 0.277 e. The Morgan fingerprint density at radius 2 is 1.97 bits per heavy atom. The lowest BCUT2D eigenvalue weighted by atomic mass is 10.1. The predicted octanol–water partition coefficient (Wildman–Crippen LogP) is 2.54. The minimum absolute atomic E-state index is 0.0620. The number of carbonyl (C=O) groups is 2. The van der Waals surface area contributed by atoms with Gasteiger partial charge < -0.3 is 19.3 Å². The van der Waals surface area contributed by atoms with E-state index in [9.17, 15) is 14.7 Å². The monoisotopic (exact) mass is 419 g/mol. The van der Waals surface area contributed by atoms with Gasteiger partial charge in [-0.2, -0.15) is 0 Å². The topological polar surface area (TPSA) is 86.9 Å². The van der Waals surface area contributed by atoms with E-state index in [0.29, 0.717) is 18.7 Å². The fourth-order valence-corrected chi connectivity index (χ4v) is 3.81. The Hall–Kier alpha value is -3.45. The number of aliphatic hydroxyl groups excluding tert-OH is 1. The van der Waals surface area contributed by atoms with E-state index >= 15 is 0 Å². The van der Waals surface area contributed by atoms with Crippen LogP contribution in [0.2, 0.25) is 0 Å². The van der Waals surface area contributed by atoms with E-state index in [4.69, 9.17) is 4.42 Å². The molecular weight excluding hydrogens is 394 g/mol. The number of benzene rings is 2. The number of aliphatic hydroxyl groups is 1. The van der Waals surface area contributed by atoms with Crippen LogP contribution in [0, 0.1) is 6.92 Å². The summed E-state index contributed by atoms with van der Waals surface area (Å²) in [7, 11) is 0. The van der Waals surface area contributed by atoms with Crippen LogP contribution in [-0.2, 0) is 11.2 Å². The lowest BCUT2D eigenvalue weighted by molar-refractivity contribution is -0.131. The molecule has 1 unspecified atom stereocenters. The van der Waals surface area contributed by atoms with Gasteiger partial charge in [-0.1, -0.05) is 54.1 Å². The van der Waals surface area contributed by atoms with Gasteiger partial charge in [0.25, 0.3) is 5.91 Å². The summed E-state index contributed by atoms with van der Waals surface area (Å²) < 4.78 is 5.49. The van der Waals surface area contributed by atoms with Crippen LogP contribution >= 0.6 is 0 Å². The standard InChI is InChI=1S/C24H25N3O4/c1-17-6-5-9-19(12-17)23-22(25-16-31-23)24(30)27-14-20(28)13-26(21(29)15-27)11-10-18-7-3-2-4-8-18/h2-9,12,16,20,28H,10-11,13-15H2,1H3. The van der Waals surface area contributed by atoms with Gasteiger partial charge in [-0.05, 0) is 25.0 Å². The summed E-state index contributed by atoms with van der Waals surface area (Å²) in [6.07, 6.45) is 1.08. The summed E-state index contributed by atoms with van der Waals surface area (Å²) in [5, 5.41) is 10.5. The maximum atomic E-state index is 13.2. The number of nitrogens with zero attached hydrogens (tertiary/aromatic N) is 3. The average Bonchev–Trinajstić information content (AvgIpc) is 3.21. The molecule has 7 nitrogen and oxygen atoms in total. The van der Waals surface area contributed by atoms with E-state index < -0.39 is 12.0 Å². The van der Waals surface area contributed by atoms with Crippen LogP contribution < -0.4 is 0 Å². The second-order valence-corrected chi connectivity index (χ2v) is 7.81. The van der Waals surface area contributed by atoms with Gasteiger partial charge >= 0.3 is 0 Å². The molecule has 0 saturated carbocycles. The van der Waals surface area contributed by atoms with Gasteiger partial charge in [0.2, 0.25) is 5.91 Å². The van der Waals surface area contributed by atoms with Crippen LogP contribution in [0.3, 0.4) is 0 Å². The van der Waals surface area contributed by atoms with Crippen LogP contribution in [-0.4, -0.2) is 64.0 Å². The molecule has 1 aromatic heterocycles. The Morgan fingerprint density at radius 1 is 1.16 bits per heavy atom. The van der Waals surface area contributed by atoms with Gasteiger partial charge in [-0.15, -0.1) is 0 Å². The number of hydrogen-bond acceptors (Lipinski definition) is 5. The van der Waals surface area contributed by atoms with Crippen LogP contribution in [0.4, 0.5) is 0 Å². The quantitative estimate of drug-likeness (QED) is 0.687. The Morgan fingerprint density at radius 3 is 2.74 bits per heavy atom. The molecule has 2 aromatic carbocycles. The third-order valence-corrected chi connectivity index (χ3v) is 5.39. The van der Waals surface area contributed by atoms with Crippen molar-refractivity contribution in [2.45, 2.75) is 19.4 Å². The van der Waals surface area contributed by atoms with E-state index in [1.165, 1.54) is 11.3 Å². The molecule has 1 saturated heterocycles. The van der Waals surface area contributed by atoms with E-state index in [-0.39, 0.29) is 31.2 Å². The van der Waals surface area contributed by atoms with Crippen molar-refractivity contribution in [1.82, 2.24) is 14.8 Å². The second kappa shape index (κ2) is 9.14. The first-order valence-corrected chi connectivity index (χ1v) is 10.3. The van der Waals surface area contributed by atoms with Crippen LogP contribution in [0.1, 0.15) is 21.6 Å². The first-order valence-electron chi connectivity index (χ1n) is 10.3. The summed E-state index contributed by atoms with van der Waals surface area (Å²) in [6, 6.07) is 17.5. The van der Waals surface area contributed by atoms with Crippen molar-refractivity contribution in [3.63, 3.8) is 0 Å². The fraction of sp³-hybridized carbons (Fsp3) is 0.292. The summed E-state index contributed by atoms with van der Waals surface area (Å²) in [4.78, 5) is 33.1. The first kappa shape index (κ1) is 20.8. The van der Waals surface area contributed by atoms with Gasteiger partial charge in [0.15, 0.2) is 17.8 Å². The minimum Gasteiger partial charge on any atom is -0.443 e. The smallest absolute Gasteiger partial charge is 0.277 e. The summed E-state index contributed by atoms with van der Waals surface area (Å²) >= 11 is 0. The van der Waals surface area contributed by atoms with Crippen LogP contribution in [0.15, 0.2) is 65.4 Å². The van der Waals surface area contributed by atoms with Crippen molar-refractivity contribution < 1.29 is 19.1 Å². The molecule has 160 valence electrons.